The summed E-state index contributed by atoms with van der Waals surface area (Å²) >= 11 is 0. The molecular weight excluding hydrogens is 351 g/mol. The van der Waals surface area contributed by atoms with Crippen LogP contribution in [0, 0.1) is 11.3 Å². The number of alkyl halides is 3. The van der Waals surface area contributed by atoms with Gasteiger partial charge in [0.1, 0.15) is 11.6 Å². The quantitative estimate of drug-likeness (QED) is 0.799. The van der Waals surface area contributed by atoms with E-state index in [2.05, 4.69) is 25.9 Å². The molecule has 0 saturated carbocycles. The van der Waals surface area contributed by atoms with Crippen LogP contribution in [0.2, 0.25) is 0 Å². The van der Waals surface area contributed by atoms with Gasteiger partial charge in [0.15, 0.2) is 0 Å². The molecule has 1 aliphatic rings. The molecule has 0 amide bonds. The molecule has 0 spiro atoms. The number of nitrogens with one attached hydrogen (secondary N) is 2. The summed E-state index contributed by atoms with van der Waals surface area (Å²) in [6.07, 6.45) is -3.44. The Balaban J connectivity index is 1.90. The fourth-order valence-electron chi connectivity index (χ4n) is 2.48. The third-order valence-electron chi connectivity index (χ3n) is 3.76. The van der Waals surface area contributed by atoms with Crippen LogP contribution in [-0.4, -0.2) is 46.9 Å². The molecule has 1 saturated heterocycles. The molecule has 26 heavy (non-hydrogen) atoms. The number of rotatable bonds is 4. The molecule has 0 radical (unpaired) electrons. The van der Waals surface area contributed by atoms with Gasteiger partial charge in [-0.1, -0.05) is 0 Å². The van der Waals surface area contributed by atoms with E-state index in [0.29, 0.717) is 32.0 Å². The molecule has 11 heteroatoms. The topological polar surface area (TPSA) is 103 Å². The lowest BCUT2D eigenvalue weighted by Crippen LogP contribution is -2.36. The number of ether oxygens (including phenoxy) is 1. The predicted molar refractivity (Wildman–Crippen MR) is 85.9 cm³/mol. The first-order chi connectivity index (χ1) is 12.5. The van der Waals surface area contributed by atoms with Crippen LogP contribution in [0.3, 0.4) is 0 Å². The molecule has 1 aliphatic heterocycles. The summed E-state index contributed by atoms with van der Waals surface area (Å²) in [5.74, 6) is -0.0153. The van der Waals surface area contributed by atoms with Crippen molar-refractivity contribution in [1.82, 2.24) is 20.6 Å². The monoisotopic (exact) mass is 365 g/mol. The Bertz CT molecular complexity index is 821. The molecule has 3 rings (SSSR count). The SMILES string of the molecule is N#CC(=CNc1ccc(N2CCOCC2)cc1C(F)(F)F)c1nn[nH]n1. The van der Waals surface area contributed by atoms with Gasteiger partial charge in [0.25, 0.3) is 0 Å². The number of nitrogens with zero attached hydrogens (tertiary/aromatic N) is 5. The normalized spacial score (nSPS) is 15.6. The number of H-pyrrole nitrogens is 1. The molecule has 2 N–H and O–H groups in total. The van der Waals surface area contributed by atoms with E-state index < -0.39 is 11.7 Å². The van der Waals surface area contributed by atoms with Gasteiger partial charge in [0.2, 0.25) is 5.82 Å². The number of halogens is 3. The largest absolute Gasteiger partial charge is 0.418 e. The first-order valence-electron chi connectivity index (χ1n) is 7.63. The first-order valence-corrected chi connectivity index (χ1v) is 7.63. The van der Waals surface area contributed by atoms with E-state index in [9.17, 15) is 13.2 Å². The zero-order chi connectivity index (χ0) is 18.6. The van der Waals surface area contributed by atoms with E-state index in [4.69, 9.17) is 10.00 Å². The molecule has 1 aromatic heterocycles. The molecule has 0 bridgehead atoms. The maximum Gasteiger partial charge on any atom is 0.418 e. The molecule has 0 atom stereocenters. The average Bonchev–Trinajstić information content (AvgIpc) is 3.17. The van der Waals surface area contributed by atoms with Crippen molar-refractivity contribution >= 4 is 16.9 Å². The average molecular weight is 365 g/mol. The second kappa shape index (κ2) is 7.40. The van der Waals surface area contributed by atoms with Crippen LogP contribution >= 0.6 is 0 Å². The minimum absolute atomic E-state index is 0.0153. The fraction of sp³-hybridized carbons (Fsp3) is 0.333. The zero-order valence-electron chi connectivity index (χ0n) is 13.4. The van der Waals surface area contributed by atoms with Gasteiger partial charge in [0, 0.05) is 25.0 Å². The molecule has 1 fully saturated rings. The molecule has 8 nitrogen and oxygen atoms in total. The number of benzene rings is 1. The van der Waals surface area contributed by atoms with Gasteiger partial charge in [-0.15, -0.1) is 10.2 Å². The number of allylic oxidation sites excluding steroid dienone is 1. The highest BCUT2D eigenvalue weighted by Gasteiger charge is 2.34. The third-order valence-corrected chi connectivity index (χ3v) is 3.76. The number of nitriles is 1. The Kier molecular flexibility index (Phi) is 5.04. The van der Waals surface area contributed by atoms with Crippen molar-refractivity contribution in [2.75, 3.05) is 36.5 Å². The van der Waals surface area contributed by atoms with Crippen molar-refractivity contribution in [1.29, 1.82) is 5.26 Å². The van der Waals surface area contributed by atoms with Crippen molar-refractivity contribution in [3.8, 4) is 6.07 Å². The second-order valence-electron chi connectivity index (χ2n) is 5.38. The van der Waals surface area contributed by atoms with Gasteiger partial charge in [-0.2, -0.15) is 23.6 Å². The van der Waals surface area contributed by atoms with Crippen LogP contribution in [0.5, 0.6) is 0 Å². The van der Waals surface area contributed by atoms with Crippen LogP contribution < -0.4 is 10.2 Å². The standard InChI is InChI=1S/C15H14F3N7O/c16-15(17,18)12-7-11(25-3-5-26-6-4-25)1-2-13(12)20-9-10(8-19)14-21-23-24-22-14/h1-2,7,9,20H,3-6H2,(H,21,22,23,24). The summed E-state index contributed by atoms with van der Waals surface area (Å²) in [6.45, 7) is 2.00. The summed E-state index contributed by atoms with van der Waals surface area (Å²) in [6, 6.07) is 5.81. The maximum atomic E-state index is 13.5. The summed E-state index contributed by atoms with van der Waals surface area (Å²) in [5.41, 5.74) is -0.591. The lowest BCUT2D eigenvalue weighted by molar-refractivity contribution is -0.136. The zero-order valence-corrected chi connectivity index (χ0v) is 13.4. The van der Waals surface area contributed by atoms with Crippen LogP contribution in [0.1, 0.15) is 11.4 Å². The number of tetrazole rings is 1. The molecule has 2 aromatic rings. The fourth-order valence-corrected chi connectivity index (χ4v) is 2.48. The summed E-state index contributed by atoms with van der Waals surface area (Å²) in [5, 5.41) is 24.4. The smallest absolute Gasteiger partial charge is 0.378 e. The van der Waals surface area contributed by atoms with Gasteiger partial charge in [-0.3, -0.25) is 0 Å². The molecule has 0 aliphatic carbocycles. The van der Waals surface area contributed by atoms with E-state index in [1.807, 2.05) is 4.90 Å². The lowest BCUT2D eigenvalue weighted by atomic mass is 10.1. The van der Waals surface area contributed by atoms with Crippen molar-refractivity contribution in [2.45, 2.75) is 6.18 Å². The number of morpholine rings is 1. The van der Waals surface area contributed by atoms with Gasteiger partial charge in [0.05, 0.1) is 24.5 Å². The van der Waals surface area contributed by atoms with E-state index in [0.717, 1.165) is 12.3 Å². The molecule has 136 valence electrons. The minimum Gasteiger partial charge on any atom is -0.378 e. The lowest BCUT2D eigenvalue weighted by Gasteiger charge is -2.29. The molecule has 1 aromatic carbocycles. The highest BCUT2D eigenvalue weighted by Crippen LogP contribution is 2.37. The molecule has 2 heterocycles. The predicted octanol–water partition coefficient (Wildman–Crippen LogP) is 2.03. The van der Waals surface area contributed by atoms with E-state index in [-0.39, 0.29) is 17.1 Å². The Morgan fingerprint density at radius 3 is 2.73 bits per heavy atom. The van der Waals surface area contributed by atoms with E-state index >= 15 is 0 Å². The number of aromatic nitrogens is 4. The third kappa shape index (κ3) is 3.92. The number of aromatic amines is 1. The van der Waals surface area contributed by atoms with E-state index in [1.165, 1.54) is 6.07 Å². The van der Waals surface area contributed by atoms with Crippen molar-refractivity contribution < 1.29 is 17.9 Å². The highest BCUT2D eigenvalue weighted by molar-refractivity contribution is 5.75. The number of hydrogen-bond donors (Lipinski definition) is 2. The van der Waals surface area contributed by atoms with Gasteiger partial charge in [-0.25, -0.2) is 0 Å². The Labute approximate surface area is 146 Å². The van der Waals surface area contributed by atoms with Crippen molar-refractivity contribution in [3.63, 3.8) is 0 Å². The maximum absolute atomic E-state index is 13.5. The van der Waals surface area contributed by atoms with Gasteiger partial charge in [-0.05, 0) is 23.4 Å². The van der Waals surface area contributed by atoms with Crippen LogP contribution in [0.25, 0.3) is 5.57 Å². The first kappa shape index (κ1) is 17.7. The Morgan fingerprint density at radius 1 is 1.35 bits per heavy atom. The van der Waals surface area contributed by atoms with Crippen molar-refractivity contribution in [3.05, 3.63) is 35.8 Å². The number of hydrogen-bond acceptors (Lipinski definition) is 7. The minimum atomic E-state index is -4.56. The highest BCUT2D eigenvalue weighted by atomic mass is 19.4. The Morgan fingerprint density at radius 2 is 2.12 bits per heavy atom. The van der Waals surface area contributed by atoms with Crippen LogP contribution in [0.15, 0.2) is 24.4 Å². The van der Waals surface area contributed by atoms with Crippen LogP contribution in [-0.2, 0) is 10.9 Å². The van der Waals surface area contributed by atoms with E-state index in [1.54, 1.807) is 12.1 Å². The number of anilines is 2. The Hall–Kier alpha value is -3.13. The van der Waals surface area contributed by atoms with Crippen molar-refractivity contribution in [2.24, 2.45) is 0 Å². The molecule has 0 unspecified atom stereocenters. The van der Waals surface area contributed by atoms with Crippen LogP contribution in [0.4, 0.5) is 24.5 Å². The molecular formula is C15H14F3N7O. The summed E-state index contributed by atoms with van der Waals surface area (Å²) in [4.78, 5) is 1.83. The van der Waals surface area contributed by atoms with Gasteiger partial charge < -0.3 is 15.0 Å². The second-order valence-corrected chi connectivity index (χ2v) is 5.38. The van der Waals surface area contributed by atoms with Gasteiger partial charge >= 0.3 is 6.18 Å². The summed E-state index contributed by atoms with van der Waals surface area (Å²) in [7, 11) is 0. The summed E-state index contributed by atoms with van der Waals surface area (Å²) < 4.78 is 45.6.